The molecule has 0 bridgehead atoms. The van der Waals surface area contributed by atoms with Crippen molar-refractivity contribution < 1.29 is 13.2 Å². The smallest absolute Gasteiger partial charge is 0.232 e. The number of hydrogen-bond donors (Lipinski definition) is 1. The summed E-state index contributed by atoms with van der Waals surface area (Å²) < 4.78 is 25.1. The number of nitrogens with zero attached hydrogens (tertiary/aromatic N) is 1. The molecule has 0 saturated heterocycles. The Morgan fingerprint density at radius 3 is 2.17 bits per heavy atom. The van der Waals surface area contributed by atoms with E-state index in [1.54, 1.807) is 24.3 Å². The van der Waals surface area contributed by atoms with Gasteiger partial charge in [0, 0.05) is 19.5 Å². The van der Waals surface area contributed by atoms with Crippen LogP contribution in [-0.4, -0.2) is 33.7 Å². The number of hydrogen-bond acceptors (Lipinski definition) is 3. The molecule has 1 N–H and O–H groups in total. The van der Waals surface area contributed by atoms with Crippen LogP contribution in [0, 0.1) is 0 Å². The molecular formula is C18H22N2O3S. The number of benzene rings is 2. The Morgan fingerprint density at radius 2 is 1.58 bits per heavy atom. The molecule has 0 heterocycles. The fraction of sp³-hybridized carbons (Fsp3) is 0.278. The van der Waals surface area contributed by atoms with E-state index >= 15 is 0 Å². The highest BCUT2D eigenvalue weighted by molar-refractivity contribution is 7.92. The third kappa shape index (κ3) is 5.70. The van der Waals surface area contributed by atoms with E-state index in [2.05, 4.69) is 5.32 Å². The standard InChI is InChI=1S/C18H22N2O3S/c1-24(22,23)20(17-10-6-3-7-11-17)15-13-18(21)19-14-12-16-8-4-2-5-9-16/h2-11H,12-15H2,1H3,(H,19,21). The van der Waals surface area contributed by atoms with Crippen LogP contribution in [-0.2, 0) is 21.2 Å². The Balaban J connectivity index is 1.84. The predicted molar refractivity (Wildman–Crippen MR) is 96.4 cm³/mol. The topological polar surface area (TPSA) is 66.5 Å². The van der Waals surface area contributed by atoms with Crippen LogP contribution in [0.15, 0.2) is 60.7 Å². The van der Waals surface area contributed by atoms with E-state index in [4.69, 9.17) is 0 Å². The molecule has 0 aliphatic heterocycles. The predicted octanol–water partition coefficient (Wildman–Crippen LogP) is 2.20. The summed E-state index contributed by atoms with van der Waals surface area (Å²) in [6, 6.07) is 18.7. The van der Waals surface area contributed by atoms with Crippen molar-refractivity contribution in [3.05, 3.63) is 66.2 Å². The van der Waals surface area contributed by atoms with E-state index in [1.807, 2.05) is 36.4 Å². The number of carbonyl (C=O) groups is 1. The monoisotopic (exact) mass is 346 g/mol. The molecule has 128 valence electrons. The minimum absolute atomic E-state index is 0.122. The number of sulfonamides is 1. The van der Waals surface area contributed by atoms with E-state index in [1.165, 1.54) is 4.31 Å². The molecule has 0 aliphatic rings. The van der Waals surface area contributed by atoms with Gasteiger partial charge in [-0.2, -0.15) is 0 Å². The SMILES string of the molecule is CS(=O)(=O)N(CCC(=O)NCCc1ccccc1)c1ccccc1. The summed E-state index contributed by atoms with van der Waals surface area (Å²) in [4.78, 5) is 12.0. The van der Waals surface area contributed by atoms with Crippen LogP contribution in [0.25, 0.3) is 0 Å². The fourth-order valence-corrected chi connectivity index (χ4v) is 3.29. The molecule has 0 radical (unpaired) electrons. The highest BCUT2D eigenvalue weighted by atomic mass is 32.2. The van der Waals surface area contributed by atoms with Gasteiger partial charge in [0.15, 0.2) is 0 Å². The highest BCUT2D eigenvalue weighted by Gasteiger charge is 2.18. The number of nitrogens with one attached hydrogen (secondary N) is 1. The van der Waals surface area contributed by atoms with Crippen LogP contribution in [0.5, 0.6) is 0 Å². The lowest BCUT2D eigenvalue weighted by molar-refractivity contribution is -0.120. The first-order valence-electron chi connectivity index (χ1n) is 7.80. The Morgan fingerprint density at radius 1 is 1.00 bits per heavy atom. The molecule has 0 fully saturated rings. The number of amides is 1. The molecule has 2 aromatic carbocycles. The molecule has 0 atom stereocenters. The third-order valence-electron chi connectivity index (χ3n) is 3.57. The second kappa shape index (κ2) is 8.49. The zero-order valence-corrected chi connectivity index (χ0v) is 14.5. The lowest BCUT2D eigenvalue weighted by Crippen LogP contribution is -2.35. The van der Waals surface area contributed by atoms with Crippen LogP contribution < -0.4 is 9.62 Å². The zero-order valence-electron chi connectivity index (χ0n) is 13.7. The van der Waals surface area contributed by atoms with Crippen molar-refractivity contribution in [1.82, 2.24) is 5.32 Å². The Labute approximate surface area is 143 Å². The minimum atomic E-state index is -3.42. The van der Waals surface area contributed by atoms with Crippen molar-refractivity contribution in [1.29, 1.82) is 0 Å². The summed E-state index contributed by atoms with van der Waals surface area (Å²) in [5.41, 5.74) is 1.72. The average molecular weight is 346 g/mol. The molecule has 1 amide bonds. The number of anilines is 1. The molecule has 0 aliphatic carbocycles. The number of rotatable bonds is 8. The van der Waals surface area contributed by atoms with Crippen molar-refractivity contribution >= 4 is 21.6 Å². The summed E-state index contributed by atoms with van der Waals surface area (Å²) in [6.45, 7) is 0.660. The van der Waals surface area contributed by atoms with Gasteiger partial charge < -0.3 is 5.32 Å². The van der Waals surface area contributed by atoms with Crippen LogP contribution in [0.3, 0.4) is 0 Å². The van der Waals surface area contributed by atoms with E-state index in [0.29, 0.717) is 12.2 Å². The Kier molecular flexibility index (Phi) is 6.37. The van der Waals surface area contributed by atoms with Crippen LogP contribution in [0.2, 0.25) is 0 Å². The van der Waals surface area contributed by atoms with Crippen molar-refractivity contribution in [2.45, 2.75) is 12.8 Å². The molecule has 2 rings (SSSR count). The summed E-state index contributed by atoms with van der Waals surface area (Å²) in [5.74, 6) is -0.157. The van der Waals surface area contributed by atoms with E-state index in [0.717, 1.165) is 18.2 Å². The third-order valence-corrected chi connectivity index (χ3v) is 4.76. The maximum atomic E-state index is 12.0. The lowest BCUT2D eigenvalue weighted by Gasteiger charge is -2.22. The number of carbonyl (C=O) groups excluding carboxylic acids is 1. The normalized spacial score (nSPS) is 11.0. The minimum Gasteiger partial charge on any atom is -0.356 e. The largest absolute Gasteiger partial charge is 0.356 e. The number of para-hydroxylation sites is 1. The van der Waals surface area contributed by atoms with Gasteiger partial charge in [-0.3, -0.25) is 9.10 Å². The highest BCUT2D eigenvalue weighted by Crippen LogP contribution is 2.16. The maximum Gasteiger partial charge on any atom is 0.232 e. The first-order valence-corrected chi connectivity index (χ1v) is 9.65. The van der Waals surface area contributed by atoms with Crippen LogP contribution in [0.1, 0.15) is 12.0 Å². The second-order valence-electron chi connectivity index (χ2n) is 5.51. The lowest BCUT2D eigenvalue weighted by atomic mass is 10.1. The van der Waals surface area contributed by atoms with Crippen molar-refractivity contribution in [2.75, 3.05) is 23.7 Å². The maximum absolute atomic E-state index is 12.0. The molecule has 24 heavy (non-hydrogen) atoms. The van der Waals surface area contributed by atoms with E-state index in [-0.39, 0.29) is 18.9 Å². The van der Waals surface area contributed by atoms with E-state index in [9.17, 15) is 13.2 Å². The Hall–Kier alpha value is -2.34. The molecule has 0 spiro atoms. The molecule has 2 aromatic rings. The van der Waals surface area contributed by atoms with Crippen molar-refractivity contribution in [2.24, 2.45) is 0 Å². The summed E-state index contributed by atoms with van der Waals surface area (Å²) in [5, 5.41) is 2.83. The van der Waals surface area contributed by atoms with Gasteiger partial charge in [0.2, 0.25) is 15.9 Å². The molecule has 0 unspecified atom stereocenters. The van der Waals surface area contributed by atoms with E-state index < -0.39 is 10.0 Å². The molecule has 5 nitrogen and oxygen atoms in total. The van der Waals surface area contributed by atoms with Gasteiger partial charge in [-0.25, -0.2) is 8.42 Å². The van der Waals surface area contributed by atoms with Crippen molar-refractivity contribution in [3.63, 3.8) is 0 Å². The fourth-order valence-electron chi connectivity index (χ4n) is 2.36. The van der Waals surface area contributed by atoms with Gasteiger partial charge in [-0.05, 0) is 24.1 Å². The zero-order chi connectivity index (χ0) is 17.4. The van der Waals surface area contributed by atoms with Gasteiger partial charge in [0.25, 0.3) is 0 Å². The second-order valence-corrected chi connectivity index (χ2v) is 7.41. The van der Waals surface area contributed by atoms with Crippen LogP contribution >= 0.6 is 0 Å². The molecule has 0 aromatic heterocycles. The average Bonchev–Trinajstić information content (AvgIpc) is 2.56. The van der Waals surface area contributed by atoms with Gasteiger partial charge >= 0.3 is 0 Å². The first-order chi connectivity index (χ1) is 11.5. The van der Waals surface area contributed by atoms with Crippen molar-refractivity contribution in [3.8, 4) is 0 Å². The van der Waals surface area contributed by atoms with Gasteiger partial charge in [-0.15, -0.1) is 0 Å². The molecular weight excluding hydrogens is 324 g/mol. The molecule has 0 saturated carbocycles. The summed E-state index contributed by atoms with van der Waals surface area (Å²) in [6.07, 6.45) is 2.02. The summed E-state index contributed by atoms with van der Waals surface area (Å²) >= 11 is 0. The van der Waals surface area contributed by atoms with Crippen LogP contribution in [0.4, 0.5) is 5.69 Å². The van der Waals surface area contributed by atoms with Gasteiger partial charge in [0.1, 0.15) is 0 Å². The first kappa shape index (κ1) is 18.0. The Bertz CT molecular complexity index is 746. The van der Waals surface area contributed by atoms with Gasteiger partial charge in [0.05, 0.1) is 11.9 Å². The van der Waals surface area contributed by atoms with Gasteiger partial charge in [-0.1, -0.05) is 48.5 Å². The molecule has 6 heteroatoms. The quantitative estimate of drug-likeness (QED) is 0.797. The summed E-state index contributed by atoms with van der Waals surface area (Å²) in [7, 11) is -3.42.